The summed E-state index contributed by atoms with van der Waals surface area (Å²) < 4.78 is 12.3. The Labute approximate surface area is 222 Å². The maximum atomic E-state index is 6.16. The van der Waals surface area contributed by atoms with Gasteiger partial charge in [0.2, 0.25) is 0 Å². The zero-order valence-corrected chi connectivity index (χ0v) is 23.8. The molecule has 2 rings (SSSR count). The first-order chi connectivity index (χ1) is 15.8. The molecule has 180 valence electrons. The monoisotopic (exact) mass is 548 g/mol. The third-order valence-electron chi connectivity index (χ3n) is 4.41. The minimum absolute atomic E-state index is 0.727. The largest absolute Gasteiger partial charge is 0.490 e. The average Bonchev–Trinajstić information content (AvgIpc) is 2.82. The lowest BCUT2D eigenvalue weighted by Gasteiger charge is -2.14. The minimum Gasteiger partial charge on any atom is -0.490 e. The van der Waals surface area contributed by atoms with Gasteiger partial charge in [-0.05, 0) is 58.8 Å². The Hall–Kier alpha value is 0.400. The van der Waals surface area contributed by atoms with Gasteiger partial charge in [-0.25, -0.2) is 0 Å². The highest BCUT2D eigenvalue weighted by atomic mass is 32.2. The third-order valence-corrected chi connectivity index (χ3v) is 10.1. The highest BCUT2D eigenvalue weighted by molar-refractivity contribution is 8.03. The van der Waals surface area contributed by atoms with Crippen LogP contribution >= 0.6 is 72.3 Å². The van der Waals surface area contributed by atoms with E-state index in [0.717, 1.165) is 72.1 Å². The van der Waals surface area contributed by atoms with Crippen molar-refractivity contribution in [2.75, 3.05) is 70.7 Å². The van der Waals surface area contributed by atoms with Gasteiger partial charge < -0.3 is 9.47 Å². The number of hydrogen-bond acceptors (Lipinski definition) is 8. The zero-order chi connectivity index (χ0) is 22.7. The molecule has 0 saturated heterocycles. The molecule has 32 heavy (non-hydrogen) atoms. The van der Waals surface area contributed by atoms with E-state index in [-0.39, 0.29) is 0 Å². The van der Waals surface area contributed by atoms with Crippen LogP contribution in [0.5, 0.6) is 11.5 Å². The summed E-state index contributed by atoms with van der Waals surface area (Å²) in [6.07, 6.45) is 2.10. The normalized spacial score (nSPS) is 11.2. The van der Waals surface area contributed by atoms with Gasteiger partial charge in [0.05, 0.1) is 13.2 Å². The van der Waals surface area contributed by atoms with Crippen molar-refractivity contribution in [3.8, 4) is 11.5 Å². The van der Waals surface area contributed by atoms with Gasteiger partial charge in [-0.3, -0.25) is 0 Å². The van der Waals surface area contributed by atoms with Crippen LogP contribution in [-0.4, -0.2) is 70.7 Å². The second-order valence-electron chi connectivity index (χ2n) is 6.95. The lowest BCUT2D eigenvalue weighted by molar-refractivity contribution is 0.270. The molecule has 0 bridgehead atoms. The van der Waals surface area contributed by atoms with E-state index in [1.54, 1.807) is 0 Å². The lowest BCUT2D eigenvalue weighted by Crippen LogP contribution is -2.04. The van der Waals surface area contributed by atoms with Gasteiger partial charge in [0.1, 0.15) is 0 Å². The Morgan fingerprint density at radius 1 is 0.562 bits per heavy atom. The molecule has 0 amide bonds. The molecule has 0 saturated carbocycles. The quantitative estimate of drug-likeness (QED) is 0.134. The molecule has 0 fully saturated rings. The highest BCUT2D eigenvalue weighted by Crippen LogP contribution is 2.33. The third kappa shape index (κ3) is 12.7. The van der Waals surface area contributed by atoms with Gasteiger partial charge in [-0.1, -0.05) is 24.3 Å². The summed E-state index contributed by atoms with van der Waals surface area (Å²) in [6.45, 7) is 1.45. The smallest absolute Gasteiger partial charge is 0.161 e. The topological polar surface area (TPSA) is 18.5 Å². The van der Waals surface area contributed by atoms with E-state index < -0.39 is 0 Å². The fourth-order valence-electron chi connectivity index (χ4n) is 2.88. The van der Waals surface area contributed by atoms with Crippen LogP contribution in [0.15, 0.2) is 36.4 Å². The predicted octanol–water partition coefficient (Wildman–Crippen LogP) is 7.17. The number of rotatable bonds is 20. The molecule has 8 heteroatoms. The maximum Gasteiger partial charge on any atom is 0.161 e. The second kappa shape index (κ2) is 19.7. The van der Waals surface area contributed by atoms with Crippen LogP contribution in [0, 0.1) is 0 Å². The van der Waals surface area contributed by atoms with Crippen LogP contribution in [0.25, 0.3) is 10.8 Å². The van der Waals surface area contributed by atoms with Crippen molar-refractivity contribution < 1.29 is 9.47 Å². The Morgan fingerprint density at radius 3 is 1.38 bits per heavy atom. The summed E-state index contributed by atoms with van der Waals surface area (Å²) in [5, 5.41) is 2.39. The van der Waals surface area contributed by atoms with E-state index in [4.69, 9.17) is 9.47 Å². The molecule has 0 N–H and O–H groups in total. The molecule has 2 aromatic rings. The van der Waals surface area contributed by atoms with Crippen LogP contribution in [0.1, 0.15) is 12.8 Å². The van der Waals surface area contributed by atoms with Crippen molar-refractivity contribution in [2.24, 2.45) is 0 Å². The number of thiol groups is 2. The molecular weight excluding hydrogens is 513 g/mol. The summed E-state index contributed by atoms with van der Waals surface area (Å²) >= 11 is 16.5. The van der Waals surface area contributed by atoms with Crippen molar-refractivity contribution in [1.29, 1.82) is 0 Å². The summed E-state index contributed by atoms with van der Waals surface area (Å²) in [4.78, 5) is 0. The van der Waals surface area contributed by atoms with Crippen molar-refractivity contribution in [3.63, 3.8) is 0 Å². The molecule has 2 nitrogen and oxygen atoms in total. The Kier molecular flexibility index (Phi) is 17.6. The number of thioether (sulfide) groups is 4. The first-order valence-electron chi connectivity index (χ1n) is 11.2. The van der Waals surface area contributed by atoms with Gasteiger partial charge >= 0.3 is 0 Å². The summed E-state index contributed by atoms with van der Waals surface area (Å²) in [7, 11) is 0. The van der Waals surface area contributed by atoms with Crippen LogP contribution in [-0.2, 0) is 0 Å². The first-order valence-corrected chi connectivity index (χ1v) is 17.0. The van der Waals surface area contributed by atoms with E-state index in [9.17, 15) is 0 Å². The molecule has 0 aromatic heterocycles. The summed E-state index contributed by atoms with van der Waals surface area (Å²) in [6, 6.07) is 12.7. The van der Waals surface area contributed by atoms with Gasteiger partial charge in [-0.15, -0.1) is 0 Å². The lowest BCUT2D eigenvalue weighted by atomic mass is 10.1. The van der Waals surface area contributed by atoms with Gasteiger partial charge in [0.15, 0.2) is 11.5 Å². The molecule has 0 atom stereocenters. The second-order valence-corrected chi connectivity index (χ2v) is 12.7. The number of ether oxygens (including phenoxy) is 2. The van der Waals surface area contributed by atoms with Crippen molar-refractivity contribution in [1.82, 2.24) is 0 Å². The fraction of sp³-hybridized carbons (Fsp3) is 0.583. The molecule has 2 aromatic carbocycles. The van der Waals surface area contributed by atoms with E-state index in [0.29, 0.717) is 0 Å². The molecule has 0 aliphatic heterocycles. The van der Waals surface area contributed by atoms with Crippen molar-refractivity contribution >= 4 is 83.1 Å². The molecule has 0 spiro atoms. The van der Waals surface area contributed by atoms with Crippen LogP contribution in [0.3, 0.4) is 0 Å². The van der Waals surface area contributed by atoms with E-state index >= 15 is 0 Å². The summed E-state index contributed by atoms with van der Waals surface area (Å²) in [5.74, 6) is 13.1. The molecular formula is C24H36O2S6. The number of fused-ring (bicyclic) bond motifs is 1. The van der Waals surface area contributed by atoms with E-state index in [1.165, 1.54) is 33.8 Å². The molecule has 0 heterocycles. The Bertz CT molecular complexity index is 670. The van der Waals surface area contributed by atoms with Crippen LogP contribution in [0.4, 0.5) is 0 Å². The average molecular weight is 549 g/mol. The van der Waals surface area contributed by atoms with E-state index in [2.05, 4.69) is 61.7 Å². The molecule has 0 aliphatic rings. The number of hydrogen-bond donors (Lipinski definition) is 2. The van der Waals surface area contributed by atoms with Gasteiger partial charge in [-0.2, -0.15) is 72.3 Å². The number of benzene rings is 2. The molecule has 0 unspecified atom stereocenters. The Morgan fingerprint density at radius 2 is 0.969 bits per heavy atom. The van der Waals surface area contributed by atoms with Crippen LogP contribution < -0.4 is 9.47 Å². The molecule has 0 aliphatic carbocycles. The fourth-order valence-corrected chi connectivity index (χ4v) is 7.26. The molecule has 0 radical (unpaired) electrons. The first kappa shape index (κ1) is 28.6. The van der Waals surface area contributed by atoms with Gasteiger partial charge in [0.25, 0.3) is 0 Å². The maximum absolute atomic E-state index is 6.16. The zero-order valence-electron chi connectivity index (χ0n) is 18.7. The Balaban J connectivity index is 1.72. The standard InChI is InChI=1S/C24H36O2S6/c27-9-13-31-17-15-29-11-3-7-25-23-19-21-5-1-2-6-22(21)20-24(23)26-8-4-12-30-16-18-32-14-10-28/h1-2,5-6,19-20,27-28H,3-4,7-18H2. The summed E-state index contributed by atoms with van der Waals surface area (Å²) in [5.41, 5.74) is 0. The predicted molar refractivity (Wildman–Crippen MR) is 161 cm³/mol. The van der Waals surface area contributed by atoms with E-state index in [1.807, 2.05) is 47.0 Å². The van der Waals surface area contributed by atoms with Crippen molar-refractivity contribution in [2.45, 2.75) is 12.8 Å². The minimum atomic E-state index is 0.727. The highest BCUT2D eigenvalue weighted by Gasteiger charge is 2.08. The van der Waals surface area contributed by atoms with Crippen molar-refractivity contribution in [3.05, 3.63) is 36.4 Å². The van der Waals surface area contributed by atoms with Gasteiger partial charge in [0, 0.05) is 34.5 Å². The SMILES string of the molecule is SCCSCCSCCCOc1cc2ccccc2cc1OCCCSCCSCCS. The van der Waals surface area contributed by atoms with Crippen LogP contribution in [0.2, 0.25) is 0 Å².